The summed E-state index contributed by atoms with van der Waals surface area (Å²) in [5, 5.41) is 0. The van der Waals surface area contributed by atoms with Crippen LogP contribution in [-0.4, -0.2) is 35.4 Å². The summed E-state index contributed by atoms with van der Waals surface area (Å²) in [5.41, 5.74) is 0. The number of carbonyl (C=O) groups is 4. The molecule has 0 N–H and O–H groups in total. The predicted molar refractivity (Wildman–Crippen MR) is 98.3 cm³/mol. The van der Waals surface area contributed by atoms with Gasteiger partial charge in [-0.05, 0) is 12.7 Å². The number of hydrogen-bond acceptors (Lipinski definition) is 8. The van der Waals surface area contributed by atoms with E-state index in [4.69, 9.17) is 32.9 Å². The molecule has 0 amide bonds. The van der Waals surface area contributed by atoms with Gasteiger partial charge in [0.1, 0.15) is 12.4 Å². The third kappa shape index (κ3) is 6.92. The zero-order chi connectivity index (χ0) is 42.4. The molecular formula is C18H27BN2O8. The molecule has 160 valence electrons. The maximum absolute atomic E-state index is 10.5. The van der Waals surface area contributed by atoms with E-state index in [0.29, 0.717) is 17.1 Å². The van der Waals surface area contributed by atoms with Gasteiger partial charge in [0, 0.05) is 26.0 Å². The average molecular weight is 434 g/mol. The molecule has 3 rings (SSSR count). The lowest BCUT2D eigenvalue weighted by atomic mass is 10.1. The lowest BCUT2D eigenvalue weighted by Gasteiger charge is -2.21. The summed E-state index contributed by atoms with van der Waals surface area (Å²) >= 11 is 0. The second-order valence-electron chi connectivity index (χ2n) is 4.54. The molecule has 10 nitrogen and oxygen atoms in total. The standard InChI is InChI=1S/C14H27N2.C4BO8/c1-3-4-5-6-7-8-9-10-11-16-13-12-15(2)14-16;6-1-2(7)11-5(10-1)12-3(8)4(9)13-5/h12-14H,3-11H2,1-2H3;/q+1;-1/i1D3,2D3,3D2,4D2,5D2,6D2,7D2,8D2,9D2,10D2,11D2;. The first-order valence-corrected chi connectivity index (χ1v) is 7.14. The van der Waals surface area contributed by atoms with Gasteiger partial charge in [-0.25, -0.2) is 28.3 Å². The highest BCUT2D eigenvalue weighted by Crippen LogP contribution is 2.24. The minimum atomic E-state index is -4.66. The van der Waals surface area contributed by atoms with Crippen molar-refractivity contribution in [3.63, 3.8) is 0 Å². The summed E-state index contributed by atoms with van der Waals surface area (Å²) in [4.78, 5) is 41.9. The number of carbonyl (C=O) groups excluding carboxylic acids is 4. The molecule has 11 heteroatoms. The van der Waals surface area contributed by atoms with Crippen LogP contribution >= 0.6 is 0 Å². The van der Waals surface area contributed by atoms with E-state index < -0.39 is 102 Å². The maximum atomic E-state index is 10.5. The molecule has 2 aliphatic rings. The molecule has 1 spiro atoms. The number of imidazole rings is 1. The van der Waals surface area contributed by atoms with Crippen molar-refractivity contribution in [2.75, 3.05) is 0 Å². The highest BCUT2D eigenvalue weighted by Gasteiger charge is 2.60. The Hall–Kier alpha value is -2.85. The Balaban J connectivity index is 0.000000617. The van der Waals surface area contributed by atoms with Crippen molar-refractivity contribution in [3.05, 3.63) is 18.7 Å². The number of rotatable bonds is 9. The maximum Gasteiger partial charge on any atom is 0.786 e. The lowest BCUT2D eigenvalue weighted by molar-refractivity contribution is -0.671. The molecule has 0 unspecified atom stereocenters. The number of aryl methyl sites for hydroxylation is 2. The van der Waals surface area contributed by atoms with Crippen LogP contribution < -0.4 is 4.57 Å². The van der Waals surface area contributed by atoms with Gasteiger partial charge in [0.25, 0.3) is 0 Å². The van der Waals surface area contributed by atoms with Gasteiger partial charge in [-0.2, -0.15) is 0 Å². The fourth-order valence-electron chi connectivity index (χ4n) is 1.56. The normalized spacial score (nSPS) is 34.3. The van der Waals surface area contributed by atoms with E-state index >= 15 is 0 Å². The zero-order valence-corrected chi connectivity index (χ0v) is 14.0. The van der Waals surface area contributed by atoms with E-state index in [1.165, 1.54) is 0 Å². The van der Waals surface area contributed by atoms with Gasteiger partial charge < -0.3 is 18.6 Å². The second-order valence-corrected chi connectivity index (χ2v) is 4.54. The summed E-state index contributed by atoms with van der Waals surface area (Å²) in [7, 11) is 0. The molecule has 0 saturated carbocycles. The topological polar surface area (TPSA) is 114 Å². The van der Waals surface area contributed by atoms with Crippen LogP contribution in [0.5, 0.6) is 0 Å². The summed E-state index contributed by atoms with van der Waals surface area (Å²) in [6.07, 6.45) is -34.0. The highest BCUT2D eigenvalue weighted by molar-refractivity contribution is 6.73. The largest absolute Gasteiger partial charge is 0.786 e. The van der Waals surface area contributed by atoms with Crippen LogP contribution in [0.2, 0.25) is 0 Å². The molecule has 0 radical (unpaired) electrons. The number of nitrogens with zero attached hydrogens (tertiary/aromatic N) is 2. The van der Waals surface area contributed by atoms with Crippen LogP contribution in [0.15, 0.2) is 18.7 Å². The third-order valence-electron chi connectivity index (χ3n) is 2.60. The SMILES string of the molecule is O=C1O[B-]2(OC1=O)OC(=O)C(=O)O2.[2H]C([2H])([2H])[n+]1ccn(C([2H])([2H])C([2H])([2H])C([2H])([2H])C([2H])([2H])C([2H])([2H])C([2H])([2H])C([2H])([2H])C([2H])([2H])C([2H])([2H])C([2H])([2H])[2H])c1. The predicted octanol–water partition coefficient (Wildman–Crippen LogP) is 1.08. The van der Waals surface area contributed by atoms with Crippen LogP contribution in [0.4, 0.5) is 0 Å². The van der Waals surface area contributed by atoms with Crippen LogP contribution in [-0.2, 0) is 51.3 Å². The summed E-state index contributed by atoms with van der Waals surface area (Å²) in [5.74, 6) is -5.49. The van der Waals surface area contributed by atoms with Crippen LogP contribution in [0, 0.1) is 0 Å². The van der Waals surface area contributed by atoms with Gasteiger partial charge in [-0.1, -0.05) is 45.1 Å². The Bertz CT molecular complexity index is 1580. The molecule has 0 aliphatic carbocycles. The first-order chi connectivity index (χ1) is 23.0. The van der Waals surface area contributed by atoms with Crippen LogP contribution in [0.1, 0.15) is 90.7 Å². The highest BCUT2D eigenvalue weighted by atomic mass is 17.0. The van der Waals surface area contributed by atoms with E-state index in [-0.39, 0.29) is 4.57 Å². The van der Waals surface area contributed by atoms with Gasteiger partial charge >= 0.3 is 30.8 Å². The van der Waals surface area contributed by atoms with E-state index in [2.05, 4.69) is 18.6 Å². The Morgan fingerprint density at radius 1 is 0.897 bits per heavy atom. The number of aromatic nitrogens is 2. The van der Waals surface area contributed by atoms with E-state index in [1.807, 2.05) is 0 Å². The van der Waals surface area contributed by atoms with Crippen molar-refractivity contribution in [1.82, 2.24) is 4.57 Å². The Kier molecular flexibility index (Phi) is 2.32. The van der Waals surface area contributed by atoms with Crippen molar-refractivity contribution < 1.29 is 75.3 Å². The fourth-order valence-corrected chi connectivity index (χ4v) is 1.56. The van der Waals surface area contributed by atoms with Gasteiger partial charge in [0.2, 0.25) is 6.33 Å². The molecule has 29 heavy (non-hydrogen) atoms. The fraction of sp³-hybridized carbons (Fsp3) is 0.611. The van der Waals surface area contributed by atoms with Crippen molar-refractivity contribution in [2.24, 2.45) is 6.98 Å². The van der Waals surface area contributed by atoms with Gasteiger partial charge in [-0.3, -0.25) is 0 Å². The summed E-state index contributed by atoms with van der Waals surface area (Å²) in [6, 6.07) is 0. The first-order valence-electron chi connectivity index (χ1n) is 19.1. The first kappa shape index (κ1) is 6.32. The molecule has 0 atom stereocenters. The summed E-state index contributed by atoms with van der Waals surface area (Å²) < 4.78 is 205. The summed E-state index contributed by atoms with van der Waals surface area (Å²) in [6.45, 7) is -13.9. The molecular weight excluding hydrogens is 383 g/mol. The zero-order valence-electron chi connectivity index (χ0n) is 38.0. The third-order valence-corrected chi connectivity index (χ3v) is 2.60. The van der Waals surface area contributed by atoms with Crippen molar-refractivity contribution in [3.8, 4) is 0 Å². The molecule has 0 bridgehead atoms. The van der Waals surface area contributed by atoms with Crippen LogP contribution in [0.3, 0.4) is 0 Å². The quantitative estimate of drug-likeness (QED) is 0.322. The minimum Gasteiger partial charge on any atom is -0.576 e. The molecule has 1 aromatic rings. The van der Waals surface area contributed by atoms with E-state index in [9.17, 15) is 19.2 Å². The van der Waals surface area contributed by atoms with Gasteiger partial charge in [-0.15, -0.1) is 0 Å². The van der Waals surface area contributed by atoms with E-state index in [0.717, 1.165) is 6.20 Å². The van der Waals surface area contributed by atoms with Gasteiger partial charge in [0.15, 0.2) is 0 Å². The Labute approximate surface area is 202 Å². The smallest absolute Gasteiger partial charge is 0.576 e. The number of hydrogen-bond donors (Lipinski definition) is 0. The molecule has 3 heterocycles. The van der Waals surface area contributed by atoms with Crippen LogP contribution in [0.25, 0.3) is 0 Å². The molecule has 0 aromatic carbocycles. The van der Waals surface area contributed by atoms with Crippen molar-refractivity contribution in [1.29, 1.82) is 0 Å². The monoisotopic (exact) mass is 434 g/mol. The Morgan fingerprint density at radius 2 is 1.41 bits per heavy atom. The van der Waals surface area contributed by atoms with Crippen molar-refractivity contribution >= 4 is 30.8 Å². The minimum absolute atomic E-state index is 0.195. The molecule has 2 fully saturated rings. The van der Waals surface area contributed by atoms with Gasteiger partial charge in [0.05, 0.1) is 20.3 Å². The molecule has 1 aromatic heterocycles. The Morgan fingerprint density at radius 3 is 1.90 bits per heavy atom. The van der Waals surface area contributed by atoms with Crippen molar-refractivity contribution in [2.45, 2.75) is 64.3 Å². The lowest BCUT2D eigenvalue weighted by Crippen LogP contribution is -2.40. The second kappa shape index (κ2) is 10.6. The molecule has 2 saturated heterocycles. The average Bonchev–Trinajstić information content (AvgIpc) is 3.64. The van der Waals surface area contributed by atoms with E-state index in [1.54, 1.807) is 0 Å². The molecule has 2 aliphatic heterocycles.